The molecule has 0 saturated heterocycles. The van der Waals surface area contributed by atoms with Gasteiger partial charge in [0.05, 0.1) is 11.6 Å². The Bertz CT molecular complexity index is 1190. The summed E-state index contributed by atoms with van der Waals surface area (Å²) in [5.74, 6) is 1.18. The molecular formula is C20H17N7O2. The molecule has 1 saturated carbocycles. The first-order chi connectivity index (χ1) is 14.1. The molecule has 0 atom stereocenters. The largest absolute Gasteiger partial charge is 0.368 e. The lowest BCUT2D eigenvalue weighted by molar-refractivity contribution is 0.273. The average molecular weight is 387 g/mol. The van der Waals surface area contributed by atoms with E-state index in [0.29, 0.717) is 11.5 Å². The minimum atomic E-state index is -0.282. The second-order valence-electron chi connectivity index (χ2n) is 7.06. The molecule has 5 rings (SSSR count). The first-order valence-corrected chi connectivity index (χ1v) is 9.22. The predicted molar refractivity (Wildman–Crippen MR) is 105 cm³/mol. The monoisotopic (exact) mass is 387 g/mol. The van der Waals surface area contributed by atoms with Crippen molar-refractivity contribution in [3.63, 3.8) is 0 Å². The highest BCUT2D eigenvalue weighted by atomic mass is 16.5. The van der Waals surface area contributed by atoms with E-state index in [1.165, 1.54) is 12.4 Å². The highest BCUT2D eigenvalue weighted by molar-refractivity contribution is 5.63. The Labute approximate surface area is 165 Å². The maximum atomic E-state index is 11.2. The van der Waals surface area contributed by atoms with Gasteiger partial charge in [-0.3, -0.25) is 4.79 Å². The smallest absolute Gasteiger partial charge is 0.278 e. The minimum absolute atomic E-state index is 0.253. The number of aromatic nitrogens is 6. The normalized spacial score (nSPS) is 15.0. The maximum Gasteiger partial charge on any atom is 0.278 e. The van der Waals surface area contributed by atoms with Crippen LogP contribution in [0.1, 0.15) is 30.7 Å². The highest BCUT2D eigenvalue weighted by Crippen LogP contribution is 2.48. The van der Waals surface area contributed by atoms with Gasteiger partial charge in [-0.1, -0.05) is 35.8 Å². The molecule has 29 heavy (non-hydrogen) atoms. The van der Waals surface area contributed by atoms with Crippen LogP contribution in [0.15, 0.2) is 58.4 Å². The van der Waals surface area contributed by atoms with E-state index >= 15 is 0 Å². The Balaban J connectivity index is 1.47. The lowest BCUT2D eigenvalue weighted by Gasteiger charge is -2.39. The van der Waals surface area contributed by atoms with Gasteiger partial charge in [-0.05, 0) is 24.0 Å². The summed E-state index contributed by atoms with van der Waals surface area (Å²) in [7, 11) is 0. The van der Waals surface area contributed by atoms with Crippen LogP contribution in [0.25, 0.3) is 22.7 Å². The molecule has 0 radical (unpaired) electrons. The first-order valence-electron chi connectivity index (χ1n) is 9.22. The van der Waals surface area contributed by atoms with Crippen LogP contribution in [0.5, 0.6) is 0 Å². The minimum Gasteiger partial charge on any atom is -0.368 e. The topological polar surface area (TPSA) is 136 Å². The second-order valence-corrected chi connectivity index (χ2v) is 7.06. The third-order valence-corrected chi connectivity index (χ3v) is 5.39. The third-order valence-electron chi connectivity index (χ3n) is 5.39. The van der Waals surface area contributed by atoms with E-state index in [1.54, 1.807) is 12.4 Å². The standard InChI is InChI=1S/C20H17N7O2/c21-19-24-8-13(9-25-19)12-2-4-14(5-3-12)20(6-1-7-20)18-26-17(29-27-18)15-10-23-16(28)11-22-15/h2-5,8-11H,1,6-7H2,(H,23,28)(H2,21,24,25). The Morgan fingerprint density at radius 3 is 2.38 bits per heavy atom. The first kappa shape index (κ1) is 17.2. The van der Waals surface area contributed by atoms with Crippen molar-refractivity contribution >= 4 is 5.95 Å². The second kappa shape index (κ2) is 6.62. The van der Waals surface area contributed by atoms with Crippen molar-refractivity contribution in [3.05, 3.63) is 70.8 Å². The summed E-state index contributed by atoms with van der Waals surface area (Å²) in [6.45, 7) is 0. The van der Waals surface area contributed by atoms with Crippen molar-refractivity contribution in [3.8, 4) is 22.7 Å². The van der Waals surface area contributed by atoms with Crippen LogP contribution < -0.4 is 11.3 Å². The van der Waals surface area contributed by atoms with Crippen LogP contribution in [-0.4, -0.2) is 30.1 Å². The van der Waals surface area contributed by atoms with Crippen molar-refractivity contribution in [1.29, 1.82) is 0 Å². The Hall–Kier alpha value is -3.88. The highest BCUT2D eigenvalue weighted by Gasteiger charge is 2.44. The van der Waals surface area contributed by atoms with Gasteiger partial charge in [-0.15, -0.1) is 0 Å². The Morgan fingerprint density at radius 1 is 1.00 bits per heavy atom. The number of nitrogens with zero attached hydrogens (tertiary/aromatic N) is 5. The number of nitrogens with two attached hydrogens (primary N) is 1. The number of nitrogen functional groups attached to an aromatic ring is 1. The molecule has 0 aliphatic heterocycles. The van der Waals surface area contributed by atoms with E-state index < -0.39 is 0 Å². The number of nitrogens with one attached hydrogen (secondary N) is 1. The Morgan fingerprint density at radius 2 is 1.76 bits per heavy atom. The molecule has 144 valence electrons. The van der Waals surface area contributed by atoms with Gasteiger partial charge in [0.25, 0.3) is 11.4 Å². The predicted octanol–water partition coefficient (Wildman–Crippen LogP) is 2.33. The number of benzene rings is 1. The number of aromatic amines is 1. The number of hydrogen-bond acceptors (Lipinski definition) is 8. The lowest BCUT2D eigenvalue weighted by Crippen LogP contribution is -2.36. The quantitative estimate of drug-likeness (QED) is 0.544. The number of rotatable bonds is 4. The summed E-state index contributed by atoms with van der Waals surface area (Å²) >= 11 is 0. The van der Waals surface area contributed by atoms with Crippen LogP contribution in [0, 0.1) is 0 Å². The molecule has 4 aromatic rings. The van der Waals surface area contributed by atoms with E-state index in [0.717, 1.165) is 36.0 Å². The van der Waals surface area contributed by atoms with E-state index in [2.05, 4.69) is 42.2 Å². The summed E-state index contributed by atoms with van der Waals surface area (Å²) in [4.78, 5) is 30.5. The fraction of sp³-hybridized carbons (Fsp3) is 0.200. The summed E-state index contributed by atoms with van der Waals surface area (Å²) in [6, 6.07) is 8.24. The summed E-state index contributed by atoms with van der Waals surface area (Å²) < 4.78 is 5.42. The van der Waals surface area contributed by atoms with E-state index in [1.807, 2.05) is 12.1 Å². The van der Waals surface area contributed by atoms with Gasteiger partial charge in [0.1, 0.15) is 5.69 Å². The van der Waals surface area contributed by atoms with Crippen LogP contribution in [0.4, 0.5) is 5.95 Å². The molecule has 1 aliphatic carbocycles. The van der Waals surface area contributed by atoms with Gasteiger partial charge in [0.2, 0.25) is 5.95 Å². The number of hydrogen-bond donors (Lipinski definition) is 2. The van der Waals surface area contributed by atoms with Crippen molar-refractivity contribution in [2.75, 3.05) is 5.73 Å². The molecule has 0 amide bonds. The Kier molecular flexibility index (Phi) is 3.94. The molecule has 1 aromatic carbocycles. The van der Waals surface area contributed by atoms with Gasteiger partial charge in [-0.2, -0.15) is 4.98 Å². The molecule has 0 bridgehead atoms. The van der Waals surface area contributed by atoms with Gasteiger partial charge >= 0.3 is 0 Å². The SMILES string of the molecule is Nc1ncc(-c2ccc(C3(c4noc(-c5c[nH]c(=O)cn5)n4)CCC3)cc2)cn1. The van der Waals surface area contributed by atoms with E-state index in [-0.39, 0.29) is 22.8 Å². The van der Waals surface area contributed by atoms with Gasteiger partial charge in [0, 0.05) is 24.2 Å². The average Bonchev–Trinajstić information content (AvgIpc) is 3.19. The fourth-order valence-electron chi connectivity index (χ4n) is 3.62. The number of anilines is 1. The van der Waals surface area contributed by atoms with Crippen LogP contribution >= 0.6 is 0 Å². The molecule has 0 spiro atoms. The van der Waals surface area contributed by atoms with E-state index in [4.69, 9.17) is 10.3 Å². The van der Waals surface area contributed by atoms with Gasteiger partial charge in [0.15, 0.2) is 5.82 Å². The molecule has 3 N–H and O–H groups in total. The van der Waals surface area contributed by atoms with Crippen molar-refractivity contribution in [2.24, 2.45) is 0 Å². The van der Waals surface area contributed by atoms with E-state index in [9.17, 15) is 4.79 Å². The molecule has 1 aliphatic rings. The fourth-order valence-corrected chi connectivity index (χ4v) is 3.62. The third kappa shape index (κ3) is 2.96. The molecule has 0 unspecified atom stereocenters. The summed E-state index contributed by atoms with van der Waals surface area (Å²) in [6.07, 6.45) is 9.05. The van der Waals surface area contributed by atoms with Crippen LogP contribution in [-0.2, 0) is 5.41 Å². The molecule has 3 aromatic heterocycles. The zero-order valence-corrected chi connectivity index (χ0v) is 15.4. The number of H-pyrrole nitrogens is 1. The molecule has 9 heteroatoms. The van der Waals surface area contributed by atoms with Crippen molar-refractivity contribution < 1.29 is 4.52 Å². The van der Waals surface area contributed by atoms with Crippen LogP contribution in [0.2, 0.25) is 0 Å². The molecule has 9 nitrogen and oxygen atoms in total. The van der Waals surface area contributed by atoms with Crippen molar-refractivity contribution in [1.82, 2.24) is 30.1 Å². The zero-order chi connectivity index (χ0) is 19.8. The molecular weight excluding hydrogens is 370 g/mol. The van der Waals surface area contributed by atoms with Gasteiger partial charge in [-0.25, -0.2) is 15.0 Å². The van der Waals surface area contributed by atoms with Gasteiger partial charge < -0.3 is 15.2 Å². The summed E-state index contributed by atoms with van der Waals surface area (Å²) in [5, 5.41) is 4.22. The zero-order valence-electron chi connectivity index (χ0n) is 15.4. The lowest BCUT2D eigenvalue weighted by atomic mass is 9.64. The molecule has 1 fully saturated rings. The summed E-state index contributed by atoms with van der Waals surface area (Å²) in [5.41, 5.74) is 8.48. The van der Waals surface area contributed by atoms with Crippen LogP contribution in [0.3, 0.4) is 0 Å². The maximum absolute atomic E-state index is 11.2. The molecule has 3 heterocycles. The van der Waals surface area contributed by atoms with Crippen molar-refractivity contribution in [2.45, 2.75) is 24.7 Å².